The summed E-state index contributed by atoms with van der Waals surface area (Å²) < 4.78 is 0. The molecule has 1 amide bonds. The van der Waals surface area contributed by atoms with Crippen molar-refractivity contribution in [2.24, 2.45) is 10.7 Å². The van der Waals surface area contributed by atoms with Crippen molar-refractivity contribution in [1.82, 2.24) is 5.32 Å². The number of carbonyl (C=O) groups is 1. The van der Waals surface area contributed by atoms with Crippen LogP contribution in [0.2, 0.25) is 0 Å². The second-order valence-electron chi connectivity index (χ2n) is 2.20. The van der Waals surface area contributed by atoms with Gasteiger partial charge in [0, 0.05) is 12.4 Å². The van der Waals surface area contributed by atoms with E-state index in [0.29, 0.717) is 5.71 Å². The van der Waals surface area contributed by atoms with Crippen LogP contribution in [0.1, 0.15) is 6.92 Å². The first-order valence-electron chi connectivity index (χ1n) is 3.04. The van der Waals surface area contributed by atoms with Gasteiger partial charge in [0.1, 0.15) is 0 Å². The van der Waals surface area contributed by atoms with Gasteiger partial charge in [0.15, 0.2) is 0 Å². The normalized spacial score (nSPS) is 29.1. The maximum atomic E-state index is 10.8. The molecule has 1 aliphatic rings. The second-order valence-corrected chi connectivity index (χ2v) is 2.76. The number of nitrogens with one attached hydrogen (secondary N) is 1. The molecule has 1 rings (SSSR count). The highest BCUT2D eigenvalue weighted by Crippen LogP contribution is 2.15. The maximum absolute atomic E-state index is 10.8. The minimum atomic E-state index is -1.34. The maximum Gasteiger partial charge on any atom is 0.264 e. The minimum absolute atomic E-state index is 0.453. The molecule has 1 atom stereocenters. The molecule has 0 saturated heterocycles. The van der Waals surface area contributed by atoms with Crippen molar-refractivity contribution in [3.8, 4) is 0 Å². The number of aliphatic imine (C=N–C) groups is 1. The number of nitrogens with two attached hydrogens (primary N) is 1. The molecule has 0 aromatic rings. The van der Waals surface area contributed by atoms with E-state index in [4.69, 9.17) is 17.3 Å². The van der Waals surface area contributed by atoms with Crippen LogP contribution in [-0.4, -0.2) is 16.6 Å². The first-order chi connectivity index (χ1) is 5.07. The first-order valence-corrected chi connectivity index (χ1v) is 3.41. The number of hydrogen-bond acceptors (Lipinski definition) is 3. The van der Waals surface area contributed by atoms with Crippen molar-refractivity contribution in [3.63, 3.8) is 0 Å². The van der Waals surface area contributed by atoms with Gasteiger partial charge in [0.2, 0.25) is 5.00 Å². The summed E-state index contributed by atoms with van der Waals surface area (Å²) >= 11 is 5.79. The van der Waals surface area contributed by atoms with Crippen molar-refractivity contribution in [1.29, 1.82) is 0 Å². The Balaban J connectivity index is 2.97. The third-order valence-electron chi connectivity index (χ3n) is 1.46. The van der Waals surface area contributed by atoms with Gasteiger partial charge in [0.25, 0.3) is 5.91 Å². The Bertz CT molecular complexity index is 248. The third-order valence-corrected chi connectivity index (χ3v) is 2.03. The molecule has 0 aromatic carbocycles. The molecule has 11 heavy (non-hydrogen) atoms. The van der Waals surface area contributed by atoms with Gasteiger partial charge in [0.05, 0.1) is 5.71 Å². The van der Waals surface area contributed by atoms with Gasteiger partial charge < -0.3 is 11.1 Å². The van der Waals surface area contributed by atoms with Gasteiger partial charge in [-0.3, -0.25) is 9.79 Å². The number of carbonyl (C=O) groups excluding carboxylic acids is 1. The Morgan fingerprint density at radius 2 is 2.55 bits per heavy atom. The van der Waals surface area contributed by atoms with E-state index in [-0.39, 0.29) is 0 Å². The van der Waals surface area contributed by atoms with Crippen LogP contribution in [0.4, 0.5) is 0 Å². The van der Waals surface area contributed by atoms with Crippen LogP contribution in [0.5, 0.6) is 0 Å². The van der Waals surface area contributed by atoms with Crippen molar-refractivity contribution in [2.75, 3.05) is 0 Å². The summed E-state index contributed by atoms with van der Waals surface area (Å²) in [5, 5.41) is 2.62. The highest BCUT2D eigenvalue weighted by molar-refractivity contribution is 6.46. The average Bonchev–Trinajstić information content (AvgIpc) is 1.95. The van der Waals surface area contributed by atoms with Crippen LogP contribution in [-0.2, 0) is 4.79 Å². The van der Waals surface area contributed by atoms with Crippen molar-refractivity contribution in [3.05, 3.63) is 12.4 Å². The number of hydrogen-bond donors (Lipinski definition) is 2. The number of alkyl halides is 1. The summed E-state index contributed by atoms with van der Waals surface area (Å²) in [4.78, 5) is 13.3. The molecule has 1 heterocycles. The lowest BCUT2D eigenvalue weighted by Gasteiger charge is -2.25. The van der Waals surface area contributed by atoms with Gasteiger partial charge in [-0.2, -0.15) is 0 Å². The Kier molecular flexibility index (Phi) is 1.87. The van der Waals surface area contributed by atoms with Gasteiger partial charge >= 0.3 is 0 Å². The molecule has 0 spiro atoms. The van der Waals surface area contributed by atoms with Crippen LogP contribution in [0, 0.1) is 0 Å². The molecular weight excluding hydrogens is 166 g/mol. The fourth-order valence-electron chi connectivity index (χ4n) is 0.744. The molecule has 0 bridgehead atoms. The van der Waals surface area contributed by atoms with E-state index in [2.05, 4.69) is 10.3 Å². The zero-order valence-electron chi connectivity index (χ0n) is 5.97. The van der Waals surface area contributed by atoms with E-state index in [1.54, 1.807) is 6.92 Å². The van der Waals surface area contributed by atoms with Crippen LogP contribution in [0.15, 0.2) is 17.4 Å². The van der Waals surface area contributed by atoms with Crippen molar-refractivity contribution < 1.29 is 4.79 Å². The van der Waals surface area contributed by atoms with Gasteiger partial charge in [-0.25, -0.2) is 0 Å². The molecular formula is C6H8ClN3O. The second kappa shape index (κ2) is 2.54. The lowest BCUT2D eigenvalue weighted by Crippen LogP contribution is -2.54. The summed E-state index contributed by atoms with van der Waals surface area (Å²) in [6, 6.07) is 0. The van der Waals surface area contributed by atoms with E-state index in [9.17, 15) is 4.79 Å². The summed E-state index contributed by atoms with van der Waals surface area (Å²) in [6.07, 6.45) is 2.99. The van der Waals surface area contributed by atoms with Crippen LogP contribution in [0.25, 0.3) is 0 Å². The fourth-order valence-corrected chi connectivity index (χ4v) is 0.856. The summed E-state index contributed by atoms with van der Waals surface area (Å²) in [7, 11) is 0. The SMILES string of the molecule is CC1=NC=CNC1(Cl)C(N)=O. The lowest BCUT2D eigenvalue weighted by molar-refractivity contribution is -0.119. The zero-order valence-corrected chi connectivity index (χ0v) is 6.72. The summed E-state index contributed by atoms with van der Waals surface area (Å²) in [5.41, 5.74) is 5.50. The first kappa shape index (κ1) is 8.07. The van der Waals surface area contributed by atoms with E-state index in [1.807, 2.05) is 0 Å². The molecule has 0 saturated carbocycles. The summed E-state index contributed by atoms with van der Waals surface area (Å²) in [5.74, 6) is -0.648. The monoisotopic (exact) mass is 173 g/mol. The molecule has 1 unspecified atom stereocenters. The molecule has 0 radical (unpaired) electrons. The molecule has 3 N–H and O–H groups in total. The van der Waals surface area contributed by atoms with Crippen LogP contribution < -0.4 is 11.1 Å². The van der Waals surface area contributed by atoms with Gasteiger partial charge in [-0.1, -0.05) is 11.6 Å². The highest BCUT2D eigenvalue weighted by Gasteiger charge is 2.37. The van der Waals surface area contributed by atoms with Crippen LogP contribution >= 0.6 is 11.6 Å². The number of amides is 1. The number of nitrogens with zero attached hydrogens (tertiary/aromatic N) is 1. The van der Waals surface area contributed by atoms with Gasteiger partial charge in [-0.15, -0.1) is 0 Å². The largest absolute Gasteiger partial charge is 0.366 e. The van der Waals surface area contributed by atoms with Crippen molar-refractivity contribution >= 4 is 23.2 Å². The number of primary amides is 1. The molecule has 0 aromatic heterocycles. The molecule has 4 nitrogen and oxygen atoms in total. The lowest BCUT2D eigenvalue weighted by atomic mass is 10.1. The molecule has 0 aliphatic carbocycles. The summed E-state index contributed by atoms with van der Waals surface area (Å²) in [6.45, 7) is 1.63. The minimum Gasteiger partial charge on any atom is -0.366 e. The molecule has 60 valence electrons. The zero-order chi connectivity index (χ0) is 8.48. The topological polar surface area (TPSA) is 67.5 Å². The highest BCUT2D eigenvalue weighted by atomic mass is 35.5. The standard InChI is InChI=1S/C6H8ClN3O/c1-4-6(7,5(8)11)10-3-2-9-4/h2-3,10H,1H3,(H2,8,11). The average molecular weight is 174 g/mol. The molecule has 5 heteroatoms. The quantitative estimate of drug-likeness (QED) is 0.431. The fraction of sp³-hybridized carbons (Fsp3) is 0.333. The molecule has 0 fully saturated rings. The Hall–Kier alpha value is -1.03. The van der Waals surface area contributed by atoms with E-state index in [1.165, 1.54) is 12.4 Å². The van der Waals surface area contributed by atoms with Crippen LogP contribution in [0.3, 0.4) is 0 Å². The van der Waals surface area contributed by atoms with E-state index in [0.717, 1.165) is 0 Å². The smallest absolute Gasteiger partial charge is 0.264 e. The predicted molar refractivity (Wildman–Crippen MR) is 43.2 cm³/mol. The van der Waals surface area contributed by atoms with E-state index < -0.39 is 10.9 Å². The number of rotatable bonds is 1. The molecule has 1 aliphatic heterocycles. The van der Waals surface area contributed by atoms with Crippen molar-refractivity contribution in [2.45, 2.75) is 11.9 Å². The Labute approximate surface area is 69.1 Å². The third kappa shape index (κ3) is 1.21. The Morgan fingerprint density at radius 3 is 2.91 bits per heavy atom. The number of halogens is 1. The predicted octanol–water partition coefficient (Wildman–Crippen LogP) is -0.0579. The van der Waals surface area contributed by atoms with E-state index >= 15 is 0 Å². The van der Waals surface area contributed by atoms with Gasteiger partial charge in [-0.05, 0) is 6.92 Å². The Morgan fingerprint density at radius 1 is 1.91 bits per heavy atom.